The predicted octanol–water partition coefficient (Wildman–Crippen LogP) is 0.877. The summed E-state index contributed by atoms with van der Waals surface area (Å²) >= 11 is 0. The van der Waals surface area contributed by atoms with E-state index in [2.05, 4.69) is 14.8 Å². The van der Waals surface area contributed by atoms with Gasteiger partial charge in [-0.2, -0.15) is 0 Å². The summed E-state index contributed by atoms with van der Waals surface area (Å²) in [5.74, 6) is 0. The Hall–Kier alpha value is -2.00. The van der Waals surface area contributed by atoms with Gasteiger partial charge in [0, 0.05) is 44.5 Å². The molecule has 8 nitrogen and oxygen atoms in total. The molecule has 0 amide bonds. The Bertz CT molecular complexity index is 897. The van der Waals surface area contributed by atoms with Crippen molar-refractivity contribution in [2.24, 2.45) is 0 Å². The summed E-state index contributed by atoms with van der Waals surface area (Å²) in [6, 6.07) is 5.98. The fraction of sp³-hybridized carbons (Fsp3) is 0.619. The monoisotopic (exact) mass is 402 g/mol. The van der Waals surface area contributed by atoms with E-state index in [0.29, 0.717) is 38.4 Å². The van der Waals surface area contributed by atoms with Gasteiger partial charge >= 0.3 is 0 Å². The minimum atomic E-state index is -0.943. The highest BCUT2D eigenvalue weighted by molar-refractivity contribution is 5.81. The zero-order valence-electron chi connectivity index (χ0n) is 17.2. The zero-order chi connectivity index (χ0) is 20.4. The smallest absolute Gasteiger partial charge is 0.261 e. The van der Waals surface area contributed by atoms with Gasteiger partial charge in [-0.1, -0.05) is 0 Å². The van der Waals surface area contributed by atoms with Crippen LogP contribution in [-0.2, 0) is 9.47 Å². The lowest BCUT2D eigenvalue weighted by molar-refractivity contribution is -0.0746. The summed E-state index contributed by atoms with van der Waals surface area (Å²) in [5.41, 5.74) is 0.865. The number of hydrogen-bond acceptors (Lipinski definition) is 7. The van der Waals surface area contributed by atoms with Crippen molar-refractivity contribution in [3.63, 3.8) is 0 Å². The van der Waals surface area contributed by atoms with Gasteiger partial charge in [0.1, 0.15) is 5.60 Å². The van der Waals surface area contributed by atoms with Crippen LogP contribution in [0.3, 0.4) is 0 Å². The van der Waals surface area contributed by atoms with Crippen LogP contribution < -0.4 is 10.5 Å². The number of aromatic nitrogens is 2. The van der Waals surface area contributed by atoms with Crippen LogP contribution in [0.1, 0.15) is 19.9 Å². The van der Waals surface area contributed by atoms with E-state index in [-0.39, 0.29) is 11.6 Å². The van der Waals surface area contributed by atoms with Gasteiger partial charge in [-0.25, -0.2) is 4.98 Å². The molecule has 0 unspecified atom stereocenters. The lowest BCUT2D eigenvalue weighted by atomic mass is 10.1. The van der Waals surface area contributed by atoms with Crippen LogP contribution in [0.5, 0.6) is 0 Å². The summed E-state index contributed by atoms with van der Waals surface area (Å²) in [5, 5.41) is 11.4. The summed E-state index contributed by atoms with van der Waals surface area (Å²) < 4.78 is 12.6. The molecule has 0 aliphatic carbocycles. The van der Waals surface area contributed by atoms with Gasteiger partial charge in [0.25, 0.3) is 5.56 Å². The van der Waals surface area contributed by atoms with E-state index < -0.39 is 5.60 Å². The molecule has 1 aromatic heterocycles. The average molecular weight is 402 g/mol. The molecule has 0 saturated carbocycles. The van der Waals surface area contributed by atoms with Crippen molar-refractivity contribution in [3.8, 4) is 0 Å². The first-order valence-electron chi connectivity index (χ1n) is 10.3. The molecule has 1 N–H and O–H groups in total. The first-order chi connectivity index (χ1) is 14.0. The second kappa shape index (κ2) is 8.39. The molecule has 0 atom stereocenters. The van der Waals surface area contributed by atoms with Gasteiger partial charge in [-0.05, 0) is 32.0 Å². The zero-order valence-corrected chi connectivity index (χ0v) is 17.2. The molecule has 2 fully saturated rings. The highest BCUT2D eigenvalue weighted by atomic mass is 16.6. The topological polar surface area (TPSA) is 80.1 Å². The normalized spacial score (nSPS) is 20.9. The van der Waals surface area contributed by atoms with Gasteiger partial charge in [-0.15, -0.1) is 0 Å². The average Bonchev–Trinajstić information content (AvgIpc) is 2.92. The Morgan fingerprint density at radius 2 is 1.83 bits per heavy atom. The molecule has 158 valence electrons. The van der Waals surface area contributed by atoms with Gasteiger partial charge in [0.2, 0.25) is 0 Å². The molecular formula is C21H30N4O4. The first kappa shape index (κ1) is 20.3. The molecule has 2 aromatic rings. The third kappa shape index (κ3) is 4.45. The van der Waals surface area contributed by atoms with Crippen molar-refractivity contribution >= 4 is 16.6 Å². The fourth-order valence-electron chi connectivity index (χ4n) is 4.04. The van der Waals surface area contributed by atoms with Crippen molar-refractivity contribution in [2.75, 3.05) is 64.1 Å². The molecule has 0 spiro atoms. The van der Waals surface area contributed by atoms with Crippen LogP contribution in [0.25, 0.3) is 10.9 Å². The standard InChI is InChI=1S/C21H30N4O4/c1-16(2)25-15-22-19-11-17(3-4-18(19)20(25)26)24-7-5-23(6-8-24)12-21(27)13-28-9-10-29-14-21/h3-4,11,15-16,27H,5-10,12-14H2,1-2H3. The third-order valence-electron chi connectivity index (χ3n) is 5.69. The van der Waals surface area contributed by atoms with E-state index >= 15 is 0 Å². The highest BCUT2D eigenvalue weighted by Gasteiger charge is 2.33. The van der Waals surface area contributed by atoms with Crippen molar-refractivity contribution in [2.45, 2.75) is 25.5 Å². The summed E-state index contributed by atoms with van der Waals surface area (Å²) in [4.78, 5) is 21.7. The third-order valence-corrected chi connectivity index (χ3v) is 5.69. The molecule has 29 heavy (non-hydrogen) atoms. The van der Waals surface area contributed by atoms with E-state index in [1.807, 2.05) is 32.0 Å². The summed E-state index contributed by atoms with van der Waals surface area (Å²) in [7, 11) is 0. The van der Waals surface area contributed by atoms with Gasteiger partial charge in [-0.3, -0.25) is 14.3 Å². The lowest BCUT2D eigenvalue weighted by Gasteiger charge is -2.39. The Kier molecular flexibility index (Phi) is 5.87. The number of rotatable bonds is 4. The van der Waals surface area contributed by atoms with E-state index in [1.54, 1.807) is 10.9 Å². The predicted molar refractivity (Wildman–Crippen MR) is 112 cm³/mol. The van der Waals surface area contributed by atoms with Crippen LogP contribution >= 0.6 is 0 Å². The minimum absolute atomic E-state index is 0.00227. The van der Waals surface area contributed by atoms with Crippen LogP contribution in [0, 0.1) is 0 Å². The van der Waals surface area contributed by atoms with Gasteiger partial charge in [0.05, 0.1) is 43.7 Å². The molecule has 2 aliphatic rings. The van der Waals surface area contributed by atoms with Crippen molar-refractivity contribution in [3.05, 3.63) is 34.9 Å². The molecule has 3 heterocycles. The first-order valence-corrected chi connectivity index (χ1v) is 10.3. The van der Waals surface area contributed by atoms with Crippen molar-refractivity contribution in [1.29, 1.82) is 0 Å². The van der Waals surface area contributed by atoms with E-state index in [4.69, 9.17) is 9.47 Å². The number of hydrogen-bond donors (Lipinski definition) is 1. The Labute approximate surface area is 170 Å². The van der Waals surface area contributed by atoms with Crippen LogP contribution in [0.4, 0.5) is 5.69 Å². The maximum absolute atomic E-state index is 12.6. The number of ether oxygens (including phenoxy) is 2. The Morgan fingerprint density at radius 3 is 2.48 bits per heavy atom. The highest BCUT2D eigenvalue weighted by Crippen LogP contribution is 2.22. The van der Waals surface area contributed by atoms with Crippen LogP contribution in [-0.4, -0.2) is 84.3 Å². The maximum Gasteiger partial charge on any atom is 0.261 e. The molecule has 8 heteroatoms. The number of aliphatic hydroxyl groups is 1. The Morgan fingerprint density at radius 1 is 1.14 bits per heavy atom. The molecule has 2 aliphatic heterocycles. The second-order valence-electron chi connectivity index (χ2n) is 8.34. The van der Waals surface area contributed by atoms with Crippen molar-refractivity contribution < 1.29 is 14.6 Å². The Balaban J connectivity index is 1.42. The number of benzene rings is 1. The van der Waals surface area contributed by atoms with E-state index in [9.17, 15) is 9.90 Å². The SMILES string of the molecule is CC(C)n1cnc2cc(N3CCN(CC4(O)COCCOC4)CC3)ccc2c1=O. The quantitative estimate of drug-likeness (QED) is 0.813. The molecule has 2 saturated heterocycles. The molecule has 0 bridgehead atoms. The maximum atomic E-state index is 12.6. The minimum Gasteiger partial charge on any atom is -0.384 e. The van der Waals surface area contributed by atoms with E-state index in [1.165, 1.54) is 0 Å². The van der Waals surface area contributed by atoms with Gasteiger partial charge in [0.15, 0.2) is 0 Å². The number of piperazine rings is 1. The van der Waals surface area contributed by atoms with Gasteiger partial charge < -0.3 is 19.5 Å². The van der Waals surface area contributed by atoms with Crippen LogP contribution in [0.15, 0.2) is 29.3 Å². The van der Waals surface area contributed by atoms with E-state index in [0.717, 1.165) is 37.4 Å². The number of β-amino-alcohol motifs (C(OH)–C–C–N with tert-alkyl or cyclic N) is 1. The van der Waals surface area contributed by atoms with Crippen LogP contribution in [0.2, 0.25) is 0 Å². The summed E-state index contributed by atoms with van der Waals surface area (Å²) in [6.45, 7) is 9.62. The van der Waals surface area contributed by atoms with Crippen molar-refractivity contribution in [1.82, 2.24) is 14.5 Å². The lowest BCUT2D eigenvalue weighted by Crippen LogP contribution is -2.54. The molecule has 0 radical (unpaired) electrons. The summed E-state index contributed by atoms with van der Waals surface area (Å²) in [6.07, 6.45) is 1.63. The number of anilines is 1. The second-order valence-corrected chi connectivity index (χ2v) is 8.34. The number of fused-ring (bicyclic) bond motifs is 1. The fourth-order valence-corrected chi connectivity index (χ4v) is 4.04. The molecule has 4 rings (SSSR count). The molecular weight excluding hydrogens is 372 g/mol. The largest absolute Gasteiger partial charge is 0.384 e. The molecule has 1 aromatic carbocycles. The number of nitrogens with zero attached hydrogens (tertiary/aromatic N) is 4.